The Hall–Kier alpha value is -1.98. The number of aromatic amines is 1. The second kappa shape index (κ2) is 6.73. The molecular weight excluding hydrogens is 322 g/mol. The summed E-state index contributed by atoms with van der Waals surface area (Å²) >= 11 is 0. The normalized spacial score (nSPS) is 19.1. The molecule has 2 fully saturated rings. The molecule has 2 N–H and O–H groups in total. The fraction of sp³-hybridized carbons (Fsp3) is 0.579. The highest BCUT2D eigenvalue weighted by Crippen LogP contribution is 2.41. The molecule has 0 spiro atoms. The fourth-order valence-electron chi connectivity index (χ4n) is 3.87. The Bertz CT molecular complexity index is 718. The van der Waals surface area contributed by atoms with Crippen LogP contribution in [-0.4, -0.2) is 15.2 Å². The zero-order valence-corrected chi connectivity index (χ0v) is 14.3. The minimum Gasteiger partial charge on any atom is -0.339 e. The first-order valence-corrected chi connectivity index (χ1v) is 9.27. The van der Waals surface area contributed by atoms with Crippen LogP contribution in [0.5, 0.6) is 0 Å². The average molecular weight is 346 g/mol. The number of pyridine rings is 1. The van der Waals surface area contributed by atoms with Crippen LogP contribution in [0.25, 0.3) is 0 Å². The van der Waals surface area contributed by atoms with E-state index in [1.165, 1.54) is 37.9 Å². The Labute approximate surface area is 146 Å². The van der Waals surface area contributed by atoms with Crippen molar-refractivity contribution in [3.05, 3.63) is 35.8 Å². The SMILES string of the molecule is FC(F)(CC1CCC1)c1cc(Nc2cc(C3CCCC3)[nH]n2)ccn1. The Morgan fingerprint density at radius 2 is 1.92 bits per heavy atom. The van der Waals surface area contributed by atoms with Crippen molar-refractivity contribution in [1.29, 1.82) is 0 Å². The number of alkyl halides is 2. The van der Waals surface area contributed by atoms with Gasteiger partial charge in [0.2, 0.25) is 0 Å². The lowest BCUT2D eigenvalue weighted by Crippen LogP contribution is -2.24. The molecule has 0 bridgehead atoms. The molecule has 0 aromatic carbocycles. The number of H-pyrrole nitrogens is 1. The molecule has 0 atom stereocenters. The lowest BCUT2D eigenvalue weighted by molar-refractivity contribution is -0.0434. The molecule has 2 aromatic rings. The third-order valence-corrected chi connectivity index (χ3v) is 5.57. The highest BCUT2D eigenvalue weighted by molar-refractivity contribution is 5.56. The van der Waals surface area contributed by atoms with E-state index >= 15 is 0 Å². The first kappa shape index (κ1) is 16.5. The molecule has 0 radical (unpaired) electrons. The van der Waals surface area contributed by atoms with Crippen molar-refractivity contribution >= 4 is 11.5 Å². The van der Waals surface area contributed by atoms with Crippen molar-refractivity contribution in [3.63, 3.8) is 0 Å². The van der Waals surface area contributed by atoms with E-state index < -0.39 is 5.92 Å². The maximum absolute atomic E-state index is 14.4. The van der Waals surface area contributed by atoms with Crippen LogP contribution >= 0.6 is 0 Å². The van der Waals surface area contributed by atoms with E-state index in [1.54, 1.807) is 6.07 Å². The molecule has 6 heteroatoms. The summed E-state index contributed by atoms with van der Waals surface area (Å²) in [7, 11) is 0. The summed E-state index contributed by atoms with van der Waals surface area (Å²) in [5.74, 6) is -1.53. The fourth-order valence-corrected chi connectivity index (χ4v) is 3.87. The third kappa shape index (κ3) is 3.67. The predicted octanol–water partition coefficient (Wildman–Crippen LogP) is 5.49. The molecule has 0 amide bonds. The topological polar surface area (TPSA) is 53.6 Å². The van der Waals surface area contributed by atoms with Crippen molar-refractivity contribution in [1.82, 2.24) is 15.2 Å². The molecule has 2 aliphatic carbocycles. The van der Waals surface area contributed by atoms with Crippen LogP contribution in [0.15, 0.2) is 24.4 Å². The zero-order valence-electron chi connectivity index (χ0n) is 14.3. The number of hydrogen-bond donors (Lipinski definition) is 2. The van der Waals surface area contributed by atoms with Crippen molar-refractivity contribution in [2.45, 2.75) is 63.2 Å². The summed E-state index contributed by atoms with van der Waals surface area (Å²) in [6.07, 6.45) is 9.12. The zero-order chi connectivity index (χ0) is 17.3. The quantitative estimate of drug-likeness (QED) is 0.727. The molecular formula is C19H24F2N4. The van der Waals surface area contributed by atoms with Crippen LogP contribution in [0.1, 0.15) is 68.7 Å². The minimum absolute atomic E-state index is 0.0995. The third-order valence-electron chi connectivity index (χ3n) is 5.57. The summed E-state index contributed by atoms with van der Waals surface area (Å²) in [4.78, 5) is 3.91. The first-order chi connectivity index (χ1) is 12.1. The van der Waals surface area contributed by atoms with Gasteiger partial charge in [0.25, 0.3) is 5.92 Å². The van der Waals surface area contributed by atoms with E-state index in [2.05, 4.69) is 20.5 Å². The number of anilines is 2. The number of rotatable bonds is 6. The Kier molecular flexibility index (Phi) is 4.44. The van der Waals surface area contributed by atoms with E-state index in [0.717, 1.165) is 25.0 Å². The van der Waals surface area contributed by atoms with E-state index in [0.29, 0.717) is 17.4 Å². The van der Waals surface area contributed by atoms with E-state index in [9.17, 15) is 8.78 Å². The van der Waals surface area contributed by atoms with Crippen molar-refractivity contribution in [2.75, 3.05) is 5.32 Å². The maximum atomic E-state index is 14.4. The largest absolute Gasteiger partial charge is 0.339 e. The average Bonchev–Trinajstić information content (AvgIpc) is 3.22. The molecule has 0 saturated heterocycles. The summed E-state index contributed by atoms with van der Waals surface area (Å²) in [5.41, 5.74) is 1.57. The highest BCUT2D eigenvalue weighted by Gasteiger charge is 2.38. The summed E-state index contributed by atoms with van der Waals surface area (Å²) in [6, 6.07) is 5.14. The highest BCUT2D eigenvalue weighted by atomic mass is 19.3. The van der Waals surface area contributed by atoms with Gasteiger partial charge in [-0.05, 0) is 30.9 Å². The molecule has 2 aromatic heterocycles. The van der Waals surface area contributed by atoms with Crippen molar-refractivity contribution in [3.8, 4) is 0 Å². The van der Waals surface area contributed by atoms with Gasteiger partial charge in [0.15, 0.2) is 5.82 Å². The molecule has 2 saturated carbocycles. The second-order valence-electron chi connectivity index (χ2n) is 7.45. The van der Waals surface area contributed by atoms with Gasteiger partial charge in [-0.2, -0.15) is 13.9 Å². The molecule has 134 valence electrons. The Morgan fingerprint density at radius 3 is 2.64 bits per heavy atom. The van der Waals surface area contributed by atoms with Crippen LogP contribution in [0.2, 0.25) is 0 Å². The molecule has 2 heterocycles. The van der Waals surface area contributed by atoms with Gasteiger partial charge in [-0.25, -0.2) is 0 Å². The summed E-state index contributed by atoms with van der Waals surface area (Å²) in [6.45, 7) is 0. The van der Waals surface area contributed by atoms with Gasteiger partial charge >= 0.3 is 0 Å². The van der Waals surface area contributed by atoms with Gasteiger partial charge in [0.05, 0.1) is 0 Å². The van der Waals surface area contributed by atoms with E-state index in [-0.39, 0.29) is 18.0 Å². The number of aromatic nitrogens is 3. The lowest BCUT2D eigenvalue weighted by Gasteiger charge is -2.29. The number of hydrogen-bond acceptors (Lipinski definition) is 3. The van der Waals surface area contributed by atoms with Gasteiger partial charge in [-0.1, -0.05) is 32.1 Å². The standard InChI is InChI=1S/C19H24F2N4/c20-19(21,12-13-4-3-5-13)17-10-15(8-9-22-17)23-18-11-16(24-25-18)14-6-1-2-7-14/h8-11,13-14H,1-7,12H2,(H2,22,23,24,25). The molecule has 4 rings (SSSR count). The number of nitrogens with zero attached hydrogens (tertiary/aromatic N) is 2. The summed E-state index contributed by atoms with van der Waals surface area (Å²) < 4.78 is 28.9. The Morgan fingerprint density at radius 1 is 1.12 bits per heavy atom. The minimum atomic E-state index is -2.87. The van der Waals surface area contributed by atoms with Crippen LogP contribution in [0.4, 0.5) is 20.3 Å². The van der Waals surface area contributed by atoms with Gasteiger partial charge in [0.1, 0.15) is 5.69 Å². The Balaban J connectivity index is 1.45. The number of halogens is 2. The smallest absolute Gasteiger partial charge is 0.290 e. The van der Waals surface area contributed by atoms with Crippen LogP contribution < -0.4 is 5.32 Å². The molecule has 0 unspecified atom stereocenters. The summed E-state index contributed by atoms with van der Waals surface area (Å²) in [5, 5.41) is 10.5. The lowest BCUT2D eigenvalue weighted by atomic mass is 9.80. The molecule has 2 aliphatic rings. The molecule has 4 nitrogen and oxygen atoms in total. The van der Waals surface area contributed by atoms with Crippen molar-refractivity contribution in [2.24, 2.45) is 5.92 Å². The van der Waals surface area contributed by atoms with Crippen molar-refractivity contribution < 1.29 is 8.78 Å². The second-order valence-corrected chi connectivity index (χ2v) is 7.45. The van der Waals surface area contributed by atoms with Gasteiger partial charge < -0.3 is 5.32 Å². The van der Waals surface area contributed by atoms with Gasteiger partial charge in [0, 0.05) is 36.0 Å². The van der Waals surface area contributed by atoms with E-state index in [4.69, 9.17) is 0 Å². The predicted molar refractivity (Wildman–Crippen MR) is 93.2 cm³/mol. The monoisotopic (exact) mass is 346 g/mol. The van der Waals surface area contributed by atoms with Crippen LogP contribution in [-0.2, 0) is 5.92 Å². The van der Waals surface area contributed by atoms with Crippen LogP contribution in [0, 0.1) is 5.92 Å². The maximum Gasteiger partial charge on any atom is 0.290 e. The van der Waals surface area contributed by atoms with Crippen LogP contribution in [0.3, 0.4) is 0 Å². The van der Waals surface area contributed by atoms with Gasteiger partial charge in [-0.15, -0.1) is 0 Å². The molecule has 0 aliphatic heterocycles. The molecule has 25 heavy (non-hydrogen) atoms. The van der Waals surface area contributed by atoms with Gasteiger partial charge in [-0.3, -0.25) is 10.1 Å². The number of nitrogens with one attached hydrogen (secondary N) is 2. The van der Waals surface area contributed by atoms with E-state index in [1.807, 2.05) is 6.07 Å². The first-order valence-electron chi connectivity index (χ1n) is 9.27.